The van der Waals surface area contributed by atoms with Gasteiger partial charge in [0.1, 0.15) is 12.7 Å². The summed E-state index contributed by atoms with van der Waals surface area (Å²) in [6.07, 6.45) is 0.909. The van der Waals surface area contributed by atoms with E-state index >= 15 is 0 Å². The second-order valence-electron chi connectivity index (χ2n) is 9.70. The molecule has 4 rings (SSSR count). The first-order chi connectivity index (χ1) is 16.8. The number of ether oxygens (including phenoxy) is 2. The fraction of sp³-hybridized carbons (Fsp3) is 0.276. The zero-order chi connectivity index (χ0) is 24.9. The minimum atomic E-state index is -2.88. The molecule has 182 valence electrons. The molecule has 0 saturated heterocycles. The Labute approximate surface area is 208 Å². The van der Waals surface area contributed by atoms with Gasteiger partial charge in [-0.15, -0.1) is 0 Å². The van der Waals surface area contributed by atoms with Gasteiger partial charge in [-0.3, -0.25) is 0 Å². The van der Waals surface area contributed by atoms with Crippen molar-refractivity contribution in [3.05, 3.63) is 109 Å². The van der Waals surface area contributed by atoms with Crippen LogP contribution in [0.25, 0.3) is 0 Å². The molecule has 0 amide bonds. The van der Waals surface area contributed by atoms with Crippen LogP contribution in [0.5, 0.6) is 0 Å². The van der Waals surface area contributed by atoms with Crippen LogP contribution in [0, 0.1) is 0 Å². The molecule has 6 heteroatoms. The molecule has 1 unspecified atom stereocenters. The van der Waals surface area contributed by atoms with Gasteiger partial charge in [0.2, 0.25) is 0 Å². The number of esters is 1. The van der Waals surface area contributed by atoms with Crippen LogP contribution in [-0.4, -0.2) is 44.3 Å². The van der Waals surface area contributed by atoms with E-state index in [0.717, 1.165) is 10.4 Å². The average Bonchev–Trinajstić information content (AvgIpc) is 2.88. The number of hydrogen-bond donors (Lipinski definition) is 1. The van der Waals surface area contributed by atoms with E-state index in [-0.39, 0.29) is 11.6 Å². The van der Waals surface area contributed by atoms with Gasteiger partial charge in [-0.25, -0.2) is 4.79 Å². The van der Waals surface area contributed by atoms with Crippen molar-refractivity contribution in [2.24, 2.45) is 0 Å². The van der Waals surface area contributed by atoms with Gasteiger partial charge in [0, 0.05) is 0 Å². The van der Waals surface area contributed by atoms with Crippen molar-refractivity contribution in [3.63, 3.8) is 0 Å². The molecule has 0 fully saturated rings. The third kappa shape index (κ3) is 5.25. The predicted molar refractivity (Wildman–Crippen MR) is 139 cm³/mol. The summed E-state index contributed by atoms with van der Waals surface area (Å²) >= 11 is 0. The van der Waals surface area contributed by atoms with E-state index in [0.29, 0.717) is 5.56 Å². The molecule has 3 aromatic carbocycles. The normalized spacial score (nSPS) is 20.2. The number of aliphatic hydroxyl groups excluding tert-OH is 1. The molecule has 0 radical (unpaired) electrons. The molecule has 0 aromatic heterocycles. The van der Waals surface area contributed by atoms with E-state index < -0.39 is 32.6 Å². The number of rotatable bonds is 7. The van der Waals surface area contributed by atoms with Crippen LogP contribution in [0.1, 0.15) is 31.1 Å². The Hall–Kier alpha value is -3.19. The predicted octanol–water partition coefficient (Wildman–Crippen LogP) is 4.06. The maximum atomic E-state index is 12.4. The molecular weight excluding hydrogens is 456 g/mol. The Morgan fingerprint density at radius 2 is 1.40 bits per heavy atom. The lowest BCUT2D eigenvalue weighted by atomic mass is 10.1. The molecule has 1 heterocycles. The van der Waals surface area contributed by atoms with Crippen LogP contribution in [-0.2, 0) is 13.9 Å². The summed E-state index contributed by atoms with van der Waals surface area (Å²) in [5.74, 6) is -0.458. The first-order valence-electron chi connectivity index (χ1n) is 11.8. The molecule has 3 atom stereocenters. The second-order valence-corrected chi connectivity index (χ2v) is 14.0. The Balaban J connectivity index is 1.61. The smallest absolute Gasteiger partial charge is 0.338 e. The maximum absolute atomic E-state index is 12.4. The van der Waals surface area contributed by atoms with Gasteiger partial charge in [0.15, 0.2) is 6.10 Å². The summed E-state index contributed by atoms with van der Waals surface area (Å²) in [6.45, 7) is 6.48. The zero-order valence-electron chi connectivity index (χ0n) is 20.3. The molecule has 5 nitrogen and oxygen atoms in total. The van der Waals surface area contributed by atoms with Gasteiger partial charge >= 0.3 is 5.97 Å². The number of hydrogen-bond acceptors (Lipinski definition) is 5. The minimum absolute atomic E-state index is 0.0835. The summed E-state index contributed by atoms with van der Waals surface area (Å²) in [6, 6.07) is 29.3. The zero-order valence-corrected chi connectivity index (χ0v) is 21.3. The number of carbonyl (C=O) groups excluding carboxylic acids is 1. The van der Waals surface area contributed by atoms with E-state index in [9.17, 15) is 9.90 Å². The third-order valence-electron chi connectivity index (χ3n) is 6.36. The van der Waals surface area contributed by atoms with Crippen LogP contribution in [0.3, 0.4) is 0 Å². The molecule has 0 bridgehead atoms. The highest BCUT2D eigenvalue weighted by atomic mass is 28.4. The SMILES string of the molecule is CC(C)(C)[Si](O[C@H]1C=COC(COC(=O)c2ccccc2)[C@@H]1O)(c1ccccc1)c1ccccc1. The van der Waals surface area contributed by atoms with Crippen molar-refractivity contribution in [2.75, 3.05) is 6.61 Å². The summed E-state index contributed by atoms with van der Waals surface area (Å²) in [5, 5.41) is 13.3. The second kappa shape index (κ2) is 10.6. The van der Waals surface area contributed by atoms with Gasteiger partial charge in [0.25, 0.3) is 8.32 Å². The van der Waals surface area contributed by atoms with E-state index in [1.807, 2.05) is 42.5 Å². The molecule has 1 N–H and O–H groups in total. The molecule has 1 aliphatic heterocycles. The van der Waals surface area contributed by atoms with E-state index in [2.05, 4.69) is 45.0 Å². The van der Waals surface area contributed by atoms with Gasteiger partial charge in [-0.1, -0.05) is 99.6 Å². The highest BCUT2D eigenvalue weighted by Crippen LogP contribution is 2.38. The Morgan fingerprint density at radius 1 is 0.886 bits per heavy atom. The van der Waals surface area contributed by atoms with Gasteiger partial charge in [-0.05, 0) is 33.6 Å². The van der Waals surface area contributed by atoms with Crippen molar-refractivity contribution in [1.29, 1.82) is 0 Å². The lowest BCUT2D eigenvalue weighted by molar-refractivity contribution is -0.0801. The van der Waals surface area contributed by atoms with Gasteiger partial charge < -0.3 is 19.0 Å². The van der Waals surface area contributed by atoms with Gasteiger partial charge in [-0.2, -0.15) is 0 Å². The quantitative estimate of drug-likeness (QED) is 0.401. The van der Waals surface area contributed by atoms with Crippen molar-refractivity contribution in [2.45, 2.75) is 44.1 Å². The fourth-order valence-electron chi connectivity index (χ4n) is 4.59. The lowest BCUT2D eigenvalue weighted by Gasteiger charge is -2.46. The molecule has 0 saturated carbocycles. The van der Waals surface area contributed by atoms with Crippen molar-refractivity contribution in [1.82, 2.24) is 0 Å². The number of carbonyl (C=O) groups is 1. The van der Waals surface area contributed by atoms with Crippen molar-refractivity contribution >= 4 is 24.7 Å². The van der Waals surface area contributed by atoms with E-state index in [1.165, 1.54) is 6.26 Å². The van der Waals surface area contributed by atoms with Crippen molar-refractivity contribution in [3.8, 4) is 0 Å². The van der Waals surface area contributed by atoms with E-state index in [4.69, 9.17) is 13.9 Å². The third-order valence-corrected chi connectivity index (χ3v) is 11.4. The molecule has 0 spiro atoms. The standard InChI is InChI=1S/C29H32O5Si/c1-29(2,3)35(23-15-9-5-10-16-23,24-17-11-6-12-18-24)34-25-19-20-32-26(27(25)30)21-33-28(31)22-13-7-4-8-14-22/h4-20,25-27,30H,21H2,1-3H3/t25-,26?,27+/m0/s1. The van der Waals surface area contributed by atoms with Crippen molar-refractivity contribution < 1.29 is 23.8 Å². The minimum Gasteiger partial charge on any atom is -0.492 e. The molecular formula is C29H32O5Si. The van der Waals surface area contributed by atoms with Gasteiger partial charge in [0.05, 0.1) is 17.9 Å². The molecule has 1 aliphatic rings. The van der Waals surface area contributed by atoms with Crippen LogP contribution in [0.2, 0.25) is 5.04 Å². The average molecular weight is 489 g/mol. The summed E-state index contributed by atoms with van der Waals surface area (Å²) < 4.78 is 18.1. The maximum Gasteiger partial charge on any atom is 0.338 e. The topological polar surface area (TPSA) is 65.0 Å². The van der Waals surface area contributed by atoms with Crippen LogP contribution >= 0.6 is 0 Å². The Kier molecular flexibility index (Phi) is 7.55. The first-order valence-corrected chi connectivity index (χ1v) is 13.7. The highest BCUT2D eigenvalue weighted by Gasteiger charge is 2.52. The molecule has 0 aliphatic carbocycles. The monoisotopic (exact) mass is 488 g/mol. The lowest BCUT2D eigenvalue weighted by Crippen LogP contribution is -2.69. The fourth-order valence-corrected chi connectivity index (χ4v) is 9.23. The number of benzene rings is 3. The van der Waals surface area contributed by atoms with Crippen LogP contribution in [0.15, 0.2) is 103 Å². The number of aliphatic hydroxyl groups is 1. The van der Waals surface area contributed by atoms with Crippen LogP contribution < -0.4 is 10.4 Å². The highest BCUT2D eigenvalue weighted by molar-refractivity contribution is 6.99. The van der Waals surface area contributed by atoms with Crippen LogP contribution in [0.4, 0.5) is 0 Å². The molecule has 3 aromatic rings. The van der Waals surface area contributed by atoms with E-state index in [1.54, 1.807) is 30.3 Å². The Morgan fingerprint density at radius 3 is 1.91 bits per heavy atom. The summed E-state index contributed by atoms with van der Waals surface area (Å²) in [5.41, 5.74) is 0.452. The first kappa shape index (κ1) is 24.9. The largest absolute Gasteiger partial charge is 0.492 e. The summed E-state index contributed by atoms with van der Waals surface area (Å²) in [7, 11) is -2.88. The Bertz CT molecular complexity index is 1090. The molecule has 35 heavy (non-hydrogen) atoms. The summed E-state index contributed by atoms with van der Waals surface area (Å²) in [4.78, 5) is 12.4.